The highest BCUT2D eigenvalue weighted by Gasteiger charge is 2.33. The number of benzene rings is 1. The molecule has 166 valence electrons. The molecule has 0 fully saturated rings. The number of thiophene rings is 1. The van der Waals surface area contributed by atoms with Crippen LogP contribution >= 0.6 is 11.3 Å². The Morgan fingerprint density at radius 2 is 2.13 bits per heavy atom. The maximum Gasteiger partial charge on any atom is 0.318 e. The smallest absolute Gasteiger partial charge is 0.318 e. The summed E-state index contributed by atoms with van der Waals surface area (Å²) in [4.78, 5) is 30.1. The number of carbonyl (C=O) groups excluding carboxylic acids is 2. The molecule has 1 aliphatic rings. The first-order valence-corrected chi connectivity index (χ1v) is 11.3. The molecule has 3 rings (SSSR count). The zero-order valence-electron chi connectivity index (χ0n) is 17.7. The minimum absolute atomic E-state index is 0.0336. The summed E-state index contributed by atoms with van der Waals surface area (Å²) in [6.45, 7) is 7.29. The maximum atomic E-state index is 13.2. The van der Waals surface area contributed by atoms with Crippen LogP contribution in [0, 0.1) is 5.82 Å². The third kappa shape index (κ3) is 5.85. The minimum atomic E-state index is -0.328. The van der Waals surface area contributed by atoms with E-state index in [1.54, 1.807) is 34.4 Å². The molecule has 2 aromatic rings. The van der Waals surface area contributed by atoms with Crippen molar-refractivity contribution in [3.63, 3.8) is 0 Å². The fraction of sp³-hybridized carbons (Fsp3) is 0.391. The molecule has 2 heterocycles. The Hall–Kier alpha value is -2.87. The summed E-state index contributed by atoms with van der Waals surface area (Å²) >= 11 is 1.67. The van der Waals surface area contributed by atoms with Gasteiger partial charge in [0.1, 0.15) is 24.7 Å². The third-order valence-electron chi connectivity index (χ3n) is 5.13. The Balaban J connectivity index is 1.73. The average Bonchev–Trinajstić information content (AvgIpc) is 3.25. The van der Waals surface area contributed by atoms with Crippen LogP contribution < -0.4 is 10.1 Å². The van der Waals surface area contributed by atoms with E-state index in [9.17, 15) is 14.0 Å². The summed E-state index contributed by atoms with van der Waals surface area (Å²) in [5.74, 6) is 0.0760. The van der Waals surface area contributed by atoms with Gasteiger partial charge in [0.25, 0.3) is 0 Å². The monoisotopic (exact) mass is 445 g/mol. The highest BCUT2D eigenvalue weighted by atomic mass is 32.1. The minimum Gasteiger partial charge on any atom is -0.491 e. The van der Waals surface area contributed by atoms with Crippen LogP contribution in [0.25, 0.3) is 0 Å². The van der Waals surface area contributed by atoms with Crippen LogP contribution in [0.2, 0.25) is 0 Å². The van der Waals surface area contributed by atoms with Gasteiger partial charge in [-0.05, 0) is 54.1 Å². The van der Waals surface area contributed by atoms with Gasteiger partial charge in [0.05, 0.1) is 6.04 Å². The highest BCUT2D eigenvalue weighted by Crippen LogP contribution is 2.34. The Kier molecular flexibility index (Phi) is 8.06. The van der Waals surface area contributed by atoms with Crippen molar-refractivity contribution in [3.8, 4) is 5.75 Å². The molecule has 31 heavy (non-hydrogen) atoms. The van der Waals surface area contributed by atoms with Crippen LogP contribution in [-0.2, 0) is 11.2 Å². The molecule has 3 amide bonds. The van der Waals surface area contributed by atoms with Crippen LogP contribution in [0.4, 0.5) is 9.18 Å². The number of nitrogens with one attached hydrogen (secondary N) is 1. The van der Waals surface area contributed by atoms with E-state index in [2.05, 4.69) is 11.9 Å². The van der Waals surface area contributed by atoms with E-state index in [-0.39, 0.29) is 43.5 Å². The van der Waals surface area contributed by atoms with E-state index in [1.165, 1.54) is 21.9 Å². The van der Waals surface area contributed by atoms with Gasteiger partial charge in [0.15, 0.2) is 0 Å². The van der Waals surface area contributed by atoms with E-state index >= 15 is 0 Å². The molecule has 0 unspecified atom stereocenters. The number of hydrogen-bond acceptors (Lipinski definition) is 4. The molecule has 1 aromatic heterocycles. The van der Waals surface area contributed by atoms with E-state index in [4.69, 9.17) is 4.74 Å². The number of carbonyl (C=O) groups is 2. The van der Waals surface area contributed by atoms with Crippen molar-refractivity contribution in [3.05, 3.63) is 64.6 Å². The van der Waals surface area contributed by atoms with E-state index in [1.807, 2.05) is 18.4 Å². The normalized spacial score (nSPS) is 15.2. The van der Waals surface area contributed by atoms with Crippen molar-refractivity contribution in [1.29, 1.82) is 0 Å². The topological polar surface area (TPSA) is 61.9 Å². The van der Waals surface area contributed by atoms with Crippen LogP contribution in [0.1, 0.15) is 29.8 Å². The van der Waals surface area contributed by atoms with Crippen LogP contribution in [0.15, 0.2) is 48.4 Å². The van der Waals surface area contributed by atoms with E-state index in [0.29, 0.717) is 18.8 Å². The molecule has 8 heteroatoms. The van der Waals surface area contributed by atoms with Crippen molar-refractivity contribution >= 4 is 23.3 Å². The lowest BCUT2D eigenvalue weighted by Gasteiger charge is -2.37. The van der Waals surface area contributed by atoms with Crippen molar-refractivity contribution in [1.82, 2.24) is 15.1 Å². The first-order valence-electron chi connectivity index (χ1n) is 10.4. The second-order valence-electron chi connectivity index (χ2n) is 7.32. The number of ether oxygens (including phenoxy) is 1. The molecule has 1 N–H and O–H groups in total. The lowest BCUT2D eigenvalue weighted by Crippen LogP contribution is -2.50. The summed E-state index contributed by atoms with van der Waals surface area (Å²) < 4.78 is 19.1. The molecule has 0 radical (unpaired) electrons. The summed E-state index contributed by atoms with van der Waals surface area (Å²) in [6.07, 6.45) is 3.20. The lowest BCUT2D eigenvalue weighted by atomic mass is 10.0. The Bertz CT molecular complexity index is 900. The van der Waals surface area contributed by atoms with Crippen LogP contribution in [-0.4, -0.2) is 54.5 Å². The quantitative estimate of drug-likeness (QED) is 0.594. The van der Waals surface area contributed by atoms with Gasteiger partial charge in [-0.3, -0.25) is 4.79 Å². The number of amides is 3. The Labute approximate surface area is 186 Å². The first kappa shape index (κ1) is 22.8. The van der Waals surface area contributed by atoms with Crippen LogP contribution in [0.5, 0.6) is 5.75 Å². The molecule has 1 atom stereocenters. The number of urea groups is 1. The van der Waals surface area contributed by atoms with Gasteiger partial charge >= 0.3 is 6.03 Å². The second-order valence-corrected chi connectivity index (χ2v) is 8.32. The van der Waals surface area contributed by atoms with Gasteiger partial charge in [0.2, 0.25) is 5.91 Å². The van der Waals surface area contributed by atoms with E-state index < -0.39 is 0 Å². The highest BCUT2D eigenvalue weighted by molar-refractivity contribution is 7.10. The molecule has 0 saturated heterocycles. The van der Waals surface area contributed by atoms with E-state index in [0.717, 1.165) is 18.4 Å². The standard InChI is InChI=1S/C23H28FN3O3S/c1-3-11-25-23(29)26(12-4-2)15-22(28)27-13-9-21-19(10-14-31-21)20(27)16-30-18-7-5-17(24)6-8-18/h4-8,10,14,20H,2-3,9,11-13,15-16H2,1H3,(H,25,29)/t20-/m0/s1. The number of hydrogen-bond donors (Lipinski definition) is 1. The van der Waals surface area contributed by atoms with Crippen molar-refractivity contribution in [2.45, 2.75) is 25.8 Å². The average molecular weight is 446 g/mol. The molecule has 0 spiro atoms. The Morgan fingerprint density at radius 3 is 2.84 bits per heavy atom. The molecule has 0 aliphatic carbocycles. The number of nitrogens with zero attached hydrogens (tertiary/aromatic N) is 2. The lowest BCUT2D eigenvalue weighted by molar-refractivity contribution is -0.135. The molecular formula is C23H28FN3O3S. The molecule has 0 bridgehead atoms. The summed E-state index contributed by atoms with van der Waals surface area (Å²) in [6, 6.07) is 7.31. The second kappa shape index (κ2) is 10.9. The molecule has 6 nitrogen and oxygen atoms in total. The van der Waals surface area contributed by atoms with Gasteiger partial charge in [-0.2, -0.15) is 0 Å². The zero-order chi connectivity index (χ0) is 22.2. The van der Waals surface area contributed by atoms with Gasteiger partial charge in [-0.15, -0.1) is 17.9 Å². The largest absolute Gasteiger partial charge is 0.491 e. The predicted molar refractivity (Wildman–Crippen MR) is 120 cm³/mol. The summed E-state index contributed by atoms with van der Waals surface area (Å²) in [5, 5.41) is 4.83. The van der Waals surface area contributed by atoms with Gasteiger partial charge < -0.3 is 19.9 Å². The van der Waals surface area contributed by atoms with Crippen molar-refractivity contribution in [2.24, 2.45) is 0 Å². The maximum absolute atomic E-state index is 13.2. The molecular weight excluding hydrogens is 417 g/mol. The van der Waals surface area contributed by atoms with Gasteiger partial charge in [-0.1, -0.05) is 13.0 Å². The fourth-order valence-corrected chi connectivity index (χ4v) is 4.48. The summed E-state index contributed by atoms with van der Waals surface area (Å²) in [7, 11) is 0. The zero-order valence-corrected chi connectivity index (χ0v) is 18.5. The van der Waals surface area contributed by atoms with Crippen molar-refractivity contribution in [2.75, 3.05) is 32.8 Å². The number of rotatable bonds is 9. The number of halogens is 1. The summed E-state index contributed by atoms with van der Waals surface area (Å²) in [5.41, 5.74) is 1.07. The van der Waals surface area contributed by atoms with Crippen molar-refractivity contribution < 1.29 is 18.7 Å². The van der Waals surface area contributed by atoms with Gasteiger partial charge in [-0.25, -0.2) is 9.18 Å². The molecule has 1 aromatic carbocycles. The molecule has 1 aliphatic heterocycles. The first-order chi connectivity index (χ1) is 15.0. The SMILES string of the molecule is C=CCN(CC(=O)N1CCc2sccc2[C@@H]1COc1ccc(F)cc1)C(=O)NCCC. The number of fused-ring (bicyclic) bond motifs is 1. The van der Waals surface area contributed by atoms with Gasteiger partial charge in [0, 0.05) is 24.5 Å². The Morgan fingerprint density at radius 1 is 1.35 bits per heavy atom. The van der Waals surface area contributed by atoms with Crippen LogP contribution in [0.3, 0.4) is 0 Å². The molecule has 0 saturated carbocycles. The fourth-order valence-electron chi connectivity index (χ4n) is 3.55. The third-order valence-corrected chi connectivity index (χ3v) is 6.12. The predicted octanol–water partition coefficient (Wildman–Crippen LogP) is 4.00.